The third-order valence-electron chi connectivity index (χ3n) is 1.67. The van der Waals surface area contributed by atoms with Gasteiger partial charge in [-0.1, -0.05) is 0 Å². The zero-order valence-electron chi connectivity index (χ0n) is 6.97. The van der Waals surface area contributed by atoms with Crippen LogP contribution < -0.4 is 5.56 Å². The van der Waals surface area contributed by atoms with Gasteiger partial charge in [-0.25, -0.2) is 4.52 Å². The van der Waals surface area contributed by atoms with Gasteiger partial charge < -0.3 is 5.11 Å². The number of hydrogen-bond acceptors (Lipinski definition) is 4. The molecule has 2 aromatic heterocycles. The van der Waals surface area contributed by atoms with Gasteiger partial charge in [0.1, 0.15) is 6.42 Å². The topological polar surface area (TPSA) is 100 Å². The summed E-state index contributed by atoms with van der Waals surface area (Å²) >= 11 is 0. The maximum Gasteiger partial charge on any atom is 0.311 e. The molecule has 0 fully saturated rings. The van der Waals surface area contributed by atoms with E-state index in [4.69, 9.17) is 5.11 Å². The molecule has 0 amide bonds. The molecule has 0 aliphatic carbocycles. The van der Waals surface area contributed by atoms with Gasteiger partial charge in [-0.05, 0) is 6.07 Å². The summed E-state index contributed by atoms with van der Waals surface area (Å²) in [5, 5.41) is 18.3. The Morgan fingerprint density at radius 2 is 2.29 bits per heavy atom. The van der Waals surface area contributed by atoms with E-state index in [0.29, 0.717) is 5.65 Å². The smallest absolute Gasteiger partial charge is 0.311 e. The third kappa shape index (κ3) is 1.35. The van der Waals surface area contributed by atoms with Gasteiger partial charge >= 0.3 is 5.97 Å². The van der Waals surface area contributed by atoms with E-state index in [1.807, 2.05) is 0 Å². The quantitative estimate of drug-likeness (QED) is 0.641. The first-order valence-corrected chi connectivity index (χ1v) is 3.82. The average Bonchev–Trinajstić information content (AvgIpc) is 2.47. The van der Waals surface area contributed by atoms with Crippen LogP contribution in [0.4, 0.5) is 0 Å². The number of rotatable bonds is 2. The van der Waals surface area contributed by atoms with E-state index in [1.54, 1.807) is 0 Å². The summed E-state index contributed by atoms with van der Waals surface area (Å²) in [4.78, 5) is 21.4. The van der Waals surface area contributed by atoms with Crippen LogP contribution in [0, 0.1) is 0 Å². The van der Waals surface area contributed by atoms with Crippen LogP contribution in [0.15, 0.2) is 16.9 Å². The molecule has 0 saturated heterocycles. The molecule has 0 unspecified atom stereocenters. The second-order valence-electron chi connectivity index (χ2n) is 2.69. The van der Waals surface area contributed by atoms with Gasteiger partial charge in [0.25, 0.3) is 5.56 Å². The number of carboxylic acids is 1. The number of nitrogens with zero attached hydrogens (tertiary/aromatic N) is 3. The zero-order valence-corrected chi connectivity index (χ0v) is 6.97. The summed E-state index contributed by atoms with van der Waals surface area (Å²) in [6, 6.07) is 2.77. The maximum absolute atomic E-state index is 10.9. The standard InChI is InChI=1S/C7H6N4O3/c12-6-2-1-4-8-9-5(3-7(13)14)11(4)10-6/h1-2H,3H2,(H,10,12)(H,13,14). The first-order chi connectivity index (χ1) is 6.66. The van der Waals surface area contributed by atoms with E-state index < -0.39 is 5.97 Å². The van der Waals surface area contributed by atoms with E-state index in [1.165, 1.54) is 16.6 Å². The van der Waals surface area contributed by atoms with Crippen LogP contribution >= 0.6 is 0 Å². The number of carboxylic acid groups (broad SMARTS) is 1. The number of aromatic amines is 1. The van der Waals surface area contributed by atoms with E-state index in [-0.39, 0.29) is 17.8 Å². The van der Waals surface area contributed by atoms with E-state index in [9.17, 15) is 9.59 Å². The van der Waals surface area contributed by atoms with E-state index >= 15 is 0 Å². The molecule has 0 saturated carbocycles. The van der Waals surface area contributed by atoms with Gasteiger partial charge in [0.2, 0.25) is 0 Å². The fourth-order valence-electron chi connectivity index (χ4n) is 1.11. The molecular weight excluding hydrogens is 188 g/mol. The predicted molar refractivity (Wildman–Crippen MR) is 44.9 cm³/mol. The van der Waals surface area contributed by atoms with Crippen molar-refractivity contribution < 1.29 is 9.90 Å². The molecule has 14 heavy (non-hydrogen) atoms. The number of aromatic nitrogens is 4. The lowest BCUT2D eigenvalue weighted by molar-refractivity contribution is -0.136. The van der Waals surface area contributed by atoms with Crippen molar-refractivity contribution in [2.75, 3.05) is 0 Å². The minimum Gasteiger partial charge on any atom is -0.481 e. The molecule has 7 nitrogen and oxygen atoms in total. The number of H-pyrrole nitrogens is 1. The Morgan fingerprint density at radius 3 is 3.00 bits per heavy atom. The van der Waals surface area contributed by atoms with Crippen molar-refractivity contribution in [1.29, 1.82) is 0 Å². The molecule has 0 bridgehead atoms. The Hall–Kier alpha value is -2.18. The number of fused-ring (bicyclic) bond motifs is 1. The summed E-state index contributed by atoms with van der Waals surface area (Å²) in [6.45, 7) is 0. The minimum atomic E-state index is -1.02. The van der Waals surface area contributed by atoms with Crippen molar-refractivity contribution >= 4 is 11.6 Å². The SMILES string of the molecule is O=C(O)Cc1nnc2ccc(=O)[nH]n12. The van der Waals surface area contributed by atoms with Gasteiger partial charge in [-0.2, -0.15) is 0 Å². The van der Waals surface area contributed by atoms with Crippen molar-refractivity contribution in [3.63, 3.8) is 0 Å². The first-order valence-electron chi connectivity index (χ1n) is 3.82. The van der Waals surface area contributed by atoms with Crippen molar-refractivity contribution in [1.82, 2.24) is 19.8 Å². The highest BCUT2D eigenvalue weighted by atomic mass is 16.4. The molecule has 2 aromatic rings. The lowest BCUT2D eigenvalue weighted by Crippen LogP contribution is -2.13. The molecule has 72 valence electrons. The van der Waals surface area contributed by atoms with Crippen LogP contribution in [0.5, 0.6) is 0 Å². The van der Waals surface area contributed by atoms with Crippen LogP contribution in [0.2, 0.25) is 0 Å². The van der Waals surface area contributed by atoms with Gasteiger partial charge in [-0.3, -0.25) is 14.7 Å². The zero-order chi connectivity index (χ0) is 10.1. The van der Waals surface area contributed by atoms with E-state index in [2.05, 4.69) is 15.3 Å². The molecule has 0 radical (unpaired) electrons. The molecule has 0 aliphatic heterocycles. The number of aliphatic carboxylic acids is 1. The predicted octanol–water partition coefficient (Wildman–Crippen LogP) is -0.955. The average molecular weight is 194 g/mol. The fourth-order valence-corrected chi connectivity index (χ4v) is 1.11. The van der Waals surface area contributed by atoms with Gasteiger partial charge in [0.05, 0.1) is 0 Å². The first kappa shape index (κ1) is 8.42. The highest BCUT2D eigenvalue weighted by Crippen LogP contribution is 1.98. The molecule has 2 heterocycles. The van der Waals surface area contributed by atoms with Gasteiger partial charge in [0, 0.05) is 6.07 Å². The maximum atomic E-state index is 10.9. The Balaban J connectivity index is 2.61. The number of hydrogen-bond donors (Lipinski definition) is 2. The molecule has 0 spiro atoms. The second kappa shape index (κ2) is 2.95. The molecule has 0 aromatic carbocycles. The lowest BCUT2D eigenvalue weighted by atomic mass is 10.4. The molecule has 0 aliphatic rings. The highest BCUT2D eigenvalue weighted by Gasteiger charge is 2.09. The third-order valence-corrected chi connectivity index (χ3v) is 1.67. The molecule has 2 N–H and O–H groups in total. The summed E-state index contributed by atoms with van der Waals surface area (Å²) in [5.41, 5.74) is 0.0878. The Labute approximate surface area is 77.0 Å². The highest BCUT2D eigenvalue weighted by molar-refractivity contribution is 5.69. The largest absolute Gasteiger partial charge is 0.481 e. The van der Waals surface area contributed by atoms with Crippen LogP contribution in [-0.4, -0.2) is 30.9 Å². The fraction of sp³-hybridized carbons (Fsp3) is 0.143. The van der Waals surface area contributed by atoms with Crippen molar-refractivity contribution in [3.8, 4) is 0 Å². The summed E-state index contributed by atoms with van der Waals surface area (Å²) in [5.74, 6) is -0.825. The Kier molecular flexibility index (Phi) is 1.77. The molecule has 2 rings (SSSR count). The van der Waals surface area contributed by atoms with Crippen molar-refractivity contribution in [3.05, 3.63) is 28.3 Å². The van der Waals surface area contributed by atoms with Crippen LogP contribution in [-0.2, 0) is 11.2 Å². The Bertz CT molecular complexity index is 541. The van der Waals surface area contributed by atoms with E-state index in [0.717, 1.165) is 0 Å². The van der Waals surface area contributed by atoms with Crippen LogP contribution in [0.1, 0.15) is 5.82 Å². The minimum absolute atomic E-state index is 0.199. The van der Waals surface area contributed by atoms with Crippen molar-refractivity contribution in [2.24, 2.45) is 0 Å². The van der Waals surface area contributed by atoms with Crippen LogP contribution in [0.25, 0.3) is 5.65 Å². The number of carbonyl (C=O) groups is 1. The van der Waals surface area contributed by atoms with Gasteiger partial charge in [0.15, 0.2) is 11.5 Å². The van der Waals surface area contributed by atoms with Gasteiger partial charge in [-0.15, -0.1) is 10.2 Å². The monoisotopic (exact) mass is 194 g/mol. The van der Waals surface area contributed by atoms with Crippen LogP contribution in [0.3, 0.4) is 0 Å². The molecule has 0 atom stereocenters. The number of nitrogens with one attached hydrogen (secondary N) is 1. The molecular formula is C7H6N4O3. The lowest BCUT2D eigenvalue weighted by Gasteiger charge is -1.94. The summed E-state index contributed by atoms with van der Waals surface area (Å²) in [6.07, 6.45) is -0.277. The summed E-state index contributed by atoms with van der Waals surface area (Å²) in [7, 11) is 0. The summed E-state index contributed by atoms with van der Waals surface area (Å²) < 4.78 is 1.26. The second-order valence-corrected chi connectivity index (χ2v) is 2.69. The Morgan fingerprint density at radius 1 is 1.50 bits per heavy atom. The molecule has 7 heteroatoms. The van der Waals surface area contributed by atoms with Crippen molar-refractivity contribution in [2.45, 2.75) is 6.42 Å². The normalized spacial score (nSPS) is 10.6.